The topological polar surface area (TPSA) is 90.4 Å². The summed E-state index contributed by atoms with van der Waals surface area (Å²) in [4.78, 5) is 12.6. The summed E-state index contributed by atoms with van der Waals surface area (Å²) in [5, 5.41) is 24.8. The van der Waals surface area contributed by atoms with Crippen LogP contribution in [-0.2, 0) is 4.79 Å². The van der Waals surface area contributed by atoms with E-state index in [9.17, 15) is 15.2 Å². The van der Waals surface area contributed by atoms with Crippen LogP contribution in [0.5, 0.6) is 5.88 Å². The van der Waals surface area contributed by atoms with Gasteiger partial charge in [0.2, 0.25) is 10.7 Å². The molecular formula is C19H14N4O2S. The molecule has 0 aliphatic heterocycles. The van der Waals surface area contributed by atoms with Gasteiger partial charge in [0.05, 0.1) is 11.1 Å². The first-order valence-electron chi connectivity index (χ1n) is 7.65. The third-order valence-electron chi connectivity index (χ3n) is 3.43. The zero-order chi connectivity index (χ0) is 18.4. The van der Waals surface area contributed by atoms with Gasteiger partial charge < -0.3 is 5.11 Å². The quantitative estimate of drug-likeness (QED) is 0.425. The molecule has 128 valence electrons. The van der Waals surface area contributed by atoms with Gasteiger partial charge in [-0.15, -0.1) is 5.10 Å². The number of aromatic hydroxyl groups is 1. The molecule has 0 aliphatic carbocycles. The van der Waals surface area contributed by atoms with E-state index in [1.807, 2.05) is 54.6 Å². The van der Waals surface area contributed by atoms with Crippen molar-refractivity contribution in [2.24, 2.45) is 5.10 Å². The molecule has 7 heteroatoms. The second kappa shape index (κ2) is 7.96. The lowest BCUT2D eigenvalue weighted by atomic mass is 10.1. The van der Waals surface area contributed by atoms with Crippen molar-refractivity contribution >= 4 is 23.3 Å². The highest BCUT2D eigenvalue weighted by atomic mass is 32.1. The van der Waals surface area contributed by atoms with Crippen LogP contribution in [0.4, 0.5) is 0 Å². The molecule has 0 unspecified atom stereocenters. The Morgan fingerprint density at radius 2 is 1.81 bits per heavy atom. The smallest absolute Gasteiger partial charge is 0.282 e. The Balaban J connectivity index is 1.88. The summed E-state index contributed by atoms with van der Waals surface area (Å²) in [6, 6.07) is 20.1. The van der Waals surface area contributed by atoms with Crippen LogP contribution >= 0.6 is 11.3 Å². The molecule has 3 aromatic rings. The third-order valence-corrected chi connectivity index (χ3v) is 4.25. The number of benzene rings is 2. The molecule has 1 amide bonds. The Kier molecular flexibility index (Phi) is 5.27. The number of aromatic nitrogens is 1. The summed E-state index contributed by atoms with van der Waals surface area (Å²) in [6.45, 7) is 0. The molecule has 1 aromatic heterocycles. The minimum Gasteiger partial charge on any atom is -0.494 e. The Morgan fingerprint density at radius 1 is 1.15 bits per heavy atom. The van der Waals surface area contributed by atoms with Gasteiger partial charge >= 0.3 is 0 Å². The van der Waals surface area contributed by atoms with E-state index in [0.717, 1.165) is 5.56 Å². The second-order valence-corrected chi connectivity index (χ2v) is 6.02. The van der Waals surface area contributed by atoms with Gasteiger partial charge in [0, 0.05) is 0 Å². The third kappa shape index (κ3) is 3.88. The number of nitrogens with zero attached hydrogens (tertiary/aromatic N) is 3. The molecule has 0 bridgehead atoms. The van der Waals surface area contributed by atoms with Crippen LogP contribution in [0.2, 0.25) is 0 Å². The molecular weight excluding hydrogens is 348 g/mol. The van der Waals surface area contributed by atoms with Crippen molar-refractivity contribution < 1.29 is 9.90 Å². The van der Waals surface area contributed by atoms with Crippen molar-refractivity contribution in [1.29, 1.82) is 5.26 Å². The van der Waals surface area contributed by atoms with Crippen molar-refractivity contribution in [3.63, 3.8) is 0 Å². The minimum absolute atomic E-state index is 0.00883. The number of nitrogens with one attached hydrogen (secondary N) is 1. The van der Waals surface area contributed by atoms with E-state index in [1.165, 1.54) is 27.4 Å². The van der Waals surface area contributed by atoms with Crippen molar-refractivity contribution in [2.45, 2.75) is 0 Å². The maximum Gasteiger partial charge on any atom is 0.282 e. The fraction of sp³-hybridized carbons (Fsp3) is 0. The number of thiazole rings is 1. The van der Waals surface area contributed by atoms with Crippen molar-refractivity contribution in [2.75, 3.05) is 0 Å². The van der Waals surface area contributed by atoms with Gasteiger partial charge in [-0.2, -0.15) is 5.26 Å². The number of hydrogen-bond donors (Lipinski definition) is 2. The van der Waals surface area contributed by atoms with E-state index in [1.54, 1.807) is 12.1 Å². The number of amides is 1. The Hall–Kier alpha value is -3.63. The van der Waals surface area contributed by atoms with E-state index in [-0.39, 0.29) is 11.5 Å². The highest BCUT2D eigenvalue weighted by Gasteiger charge is 2.10. The summed E-state index contributed by atoms with van der Waals surface area (Å²) in [5.74, 6) is -0.613. The standard InChI is InChI=1S/C19H14N4O2S/c20-12-15(11-14-7-3-1-4-8-14)18(25)21-22-19-23(17(24)13-26-19)16-9-5-2-6-10-16/h1-11,13,24H,(H,21,25)/b15-11+,22-19+. The van der Waals surface area contributed by atoms with Gasteiger partial charge in [-0.25, -0.2) is 5.43 Å². The summed E-state index contributed by atoms with van der Waals surface area (Å²) in [5.41, 5.74) is 3.76. The molecule has 2 aromatic carbocycles. The van der Waals surface area contributed by atoms with Crippen LogP contribution in [0.15, 0.2) is 76.7 Å². The lowest BCUT2D eigenvalue weighted by Crippen LogP contribution is -2.24. The molecule has 0 aliphatic rings. The van der Waals surface area contributed by atoms with Crippen molar-refractivity contribution in [3.05, 3.63) is 82.0 Å². The van der Waals surface area contributed by atoms with E-state index in [4.69, 9.17) is 0 Å². The average Bonchev–Trinajstić information content (AvgIpc) is 3.06. The first-order chi connectivity index (χ1) is 12.7. The van der Waals surface area contributed by atoms with Gasteiger partial charge in [0.15, 0.2) is 0 Å². The second-order valence-electron chi connectivity index (χ2n) is 5.18. The average molecular weight is 362 g/mol. The number of nitriles is 1. The van der Waals surface area contributed by atoms with E-state index in [0.29, 0.717) is 10.5 Å². The molecule has 1 heterocycles. The van der Waals surface area contributed by atoms with Crippen LogP contribution in [-0.4, -0.2) is 15.6 Å². The highest BCUT2D eigenvalue weighted by molar-refractivity contribution is 7.07. The summed E-state index contributed by atoms with van der Waals surface area (Å²) in [7, 11) is 0. The van der Waals surface area contributed by atoms with Crippen LogP contribution in [0, 0.1) is 11.3 Å². The maximum absolute atomic E-state index is 12.2. The van der Waals surface area contributed by atoms with Crippen molar-refractivity contribution in [1.82, 2.24) is 9.99 Å². The maximum atomic E-state index is 12.2. The summed E-state index contributed by atoms with van der Waals surface area (Å²) in [6.07, 6.45) is 1.49. The Morgan fingerprint density at radius 3 is 2.46 bits per heavy atom. The normalized spacial score (nSPS) is 11.8. The Bertz CT molecular complexity index is 1040. The van der Waals surface area contributed by atoms with Gasteiger partial charge in [0.1, 0.15) is 11.6 Å². The number of rotatable bonds is 4. The van der Waals surface area contributed by atoms with Gasteiger partial charge in [-0.3, -0.25) is 9.36 Å². The van der Waals surface area contributed by atoms with Crippen LogP contribution in [0.1, 0.15) is 5.56 Å². The molecule has 0 radical (unpaired) electrons. The summed E-state index contributed by atoms with van der Waals surface area (Å²) < 4.78 is 1.50. The zero-order valence-electron chi connectivity index (χ0n) is 13.5. The van der Waals surface area contributed by atoms with Gasteiger partial charge in [-0.1, -0.05) is 59.9 Å². The lowest BCUT2D eigenvalue weighted by Gasteiger charge is -2.04. The van der Waals surface area contributed by atoms with Gasteiger partial charge in [-0.05, 0) is 23.8 Å². The number of carbonyl (C=O) groups is 1. The molecule has 0 atom stereocenters. The monoisotopic (exact) mass is 362 g/mol. The van der Waals surface area contributed by atoms with Crippen molar-refractivity contribution in [3.8, 4) is 17.6 Å². The van der Waals surface area contributed by atoms with Gasteiger partial charge in [0.25, 0.3) is 5.91 Å². The number of hydrogen-bond acceptors (Lipinski definition) is 5. The first kappa shape index (κ1) is 17.2. The fourth-order valence-electron chi connectivity index (χ4n) is 2.23. The predicted octanol–water partition coefficient (Wildman–Crippen LogP) is 2.78. The SMILES string of the molecule is N#C/C(=C\c1ccccc1)C(=O)N/N=c1/scc(O)n1-c1ccccc1. The van der Waals surface area contributed by atoms with E-state index >= 15 is 0 Å². The molecule has 3 rings (SSSR count). The van der Waals surface area contributed by atoms with Crippen LogP contribution < -0.4 is 10.2 Å². The molecule has 2 N–H and O–H groups in total. The zero-order valence-corrected chi connectivity index (χ0v) is 14.4. The van der Waals surface area contributed by atoms with Crippen LogP contribution in [0.3, 0.4) is 0 Å². The molecule has 0 saturated heterocycles. The molecule has 0 saturated carbocycles. The Labute approximate surface area is 153 Å². The number of para-hydroxylation sites is 1. The highest BCUT2D eigenvalue weighted by Crippen LogP contribution is 2.16. The van der Waals surface area contributed by atoms with E-state index in [2.05, 4.69) is 10.5 Å². The fourth-order valence-corrected chi connectivity index (χ4v) is 2.95. The van der Waals surface area contributed by atoms with E-state index < -0.39 is 5.91 Å². The minimum atomic E-state index is -0.621. The molecule has 0 spiro atoms. The molecule has 26 heavy (non-hydrogen) atoms. The number of carbonyl (C=O) groups excluding carboxylic acids is 1. The first-order valence-corrected chi connectivity index (χ1v) is 8.53. The van der Waals surface area contributed by atoms with Crippen LogP contribution in [0.25, 0.3) is 11.8 Å². The molecule has 6 nitrogen and oxygen atoms in total. The largest absolute Gasteiger partial charge is 0.494 e. The summed E-state index contributed by atoms with van der Waals surface area (Å²) >= 11 is 1.17. The molecule has 0 fully saturated rings. The lowest BCUT2D eigenvalue weighted by molar-refractivity contribution is -0.117. The predicted molar refractivity (Wildman–Crippen MR) is 99.0 cm³/mol.